The molecule has 7 heteroatoms. The number of ketones is 1. The van der Waals surface area contributed by atoms with Crippen molar-refractivity contribution >= 4 is 29.3 Å². The second-order valence-electron chi connectivity index (χ2n) is 5.25. The molecule has 0 radical (unpaired) electrons. The molecule has 1 aromatic heterocycles. The van der Waals surface area contributed by atoms with Crippen LogP contribution in [0.1, 0.15) is 44.6 Å². The number of halogens is 1. The first-order chi connectivity index (χ1) is 11.3. The number of aromatic carboxylic acids is 1. The summed E-state index contributed by atoms with van der Waals surface area (Å²) in [5, 5.41) is 18.8. The molecular formula is C17H16ClNO5. The number of carbonyl (C=O) groups is 3. The minimum absolute atomic E-state index is 0.0854. The van der Waals surface area contributed by atoms with Crippen molar-refractivity contribution in [3.8, 4) is 0 Å². The summed E-state index contributed by atoms with van der Waals surface area (Å²) in [4.78, 5) is 35.6. The molecule has 0 bridgehead atoms. The molecule has 0 saturated carbocycles. The van der Waals surface area contributed by atoms with Gasteiger partial charge in [0.05, 0.1) is 22.7 Å². The minimum atomic E-state index is -1.25. The molecule has 24 heavy (non-hydrogen) atoms. The Balaban J connectivity index is 2.74. The molecule has 0 aliphatic carbocycles. The highest BCUT2D eigenvalue weighted by Crippen LogP contribution is 2.28. The SMILES string of the molecule is CCc1c(C(=O)O)c(CC(=O)O)n(C)c1C(=O)c1ccccc1Cl. The van der Waals surface area contributed by atoms with Gasteiger partial charge in [-0.05, 0) is 24.1 Å². The molecule has 2 rings (SSSR count). The summed E-state index contributed by atoms with van der Waals surface area (Å²) in [7, 11) is 1.49. The Kier molecular flexibility index (Phi) is 5.09. The lowest BCUT2D eigenvalue weighted by molar-refractivity contribution is -0.136. The van der Waals surface area contributed by atoms with Crippen molar-refractivity contribution in [1.82, 2.24) is 4.57 Å². The Bertz CT molecular complexity index is 838. The van der Waals surface area contributed by atoms with Crippen LogP contribution in [0.5, 0.6) is 0 Å². The van der Waals surface area contributed by atoms with Crippen LogP contribution in [0.15, 0.2) is 24.3 Å². The van der Waals surface area contributed by atoms with E-state index in [0.717, 1.165) is 0 Å². The summed E-state index contributed by atoms with van der Waals surface area (Å²) >= 11 is 6.07. The standard InChI is InChI=1S/C17H16ClNO5/c1-3-9-14(17(23)24)12(8-13(20)21)19(2)15(9)16(22)10-6-4-5-7-11(10)18/h4-7H,3,8H2,1-2H3,(H,20,21)(H,23,24). The van der Waals surface area contributed by atoms with E-state index in [1.807, 2.05) is 0 Å². The number of benzene rings is 1. The number of carboxylic acid groups (broad SMARTS) is 2. The highest BCUT2D eigenvalue weighted by molar-refractivity contribution is 6.35. The Morgan fingerprint density at radius 1 is 1.17 bits per heavy atom. The van der Waals surface area contributed by atoms with Crippen LogP contribution in [0, 0.1) is 0 Å². The summed E-state index contributed by atoms with van der Waals surface area (Å²) in [5.74, 6) is -2.85. The third-order valence-electron chi connectivity index (χ3n) is 3.84. The minimum Gasteiger partial charge on any atom is -0.481 e. The lowest BCUT2D eigenvalue weighted by Gasteiger charge is -2.08. The largest absolute Gasteiger partial charge is 0.481 e. The van der Waals surface area contributed by atoms with E-state index >= 15 is 0 Å². The predicted molar refractivity (Wildman–Crippen MR) is 88.0 cm³/mol. The Morgan fingerprint density at radius 2 is 1.79 bits per heavy atom. The summed E-state index contributed by atoms with van der Waals surface area (Å²) in [6, 6.07) is 6.46. The van der Waals surface area contributed by atoms with Gasteiger partial charge in [-0.3, -0.25) is 9.59 Å². The lowest BCUT2D eigenvalue weighted by Crippen LogP contribution is -2.13. The molecule has 0 fully saturated rings. The van der Waals surface area contributed by atoms with Gasteiger partial charge in [-0.15, -0.1) is 0 Å². The van der Waals surface area contributed by atoms with Crippen LogP contribution in [0.2, 0.25) is 5.02 Å². The topological polar surface area (TPSA) is 96.6 Å². The predicted octanol–water partition coefficient (Wildman–Crippen LogP) is 2.80. The van der Waals surface area contributed by atoms with Crippen molar-refractivity contribution < 1.29 is 24.6 Å². The number of hydrogen-bond donors (Lipinski definition) is 2. The Labute approximate surface area is 143 Å². The molecule has 0 saturated heterocycles. The third kappa shape index (κ3) is 3.05. The van der Waals surface area contributed by atoms with E-state index < -0.39 is 24.1 Å². The summed E-state index contributed by atoms with van der Waals surface area (Å²) < 4.78 is 1.35. The number of aromatic nitrogens is 1. The number of hydrogen-bond acceptors (Lipinski definition) is 3. The maximum atomic E-state index is 12.9. The van der Waals surface area contributed by atoms with E-state index in [0.29, 0.717) is 5.56 Å². The number of carboxylic acids is 2. The van der Waals surface area contributed by atoms with Gasteiger partial charge >= 0.3 is 11.9 Å². The molecule has 0 unspecified atom stereocenters. The maximum absolute atomic E-state index is 12.9. The number of rotatable bonds is 6. The summed E-state index contributed by atoms with van der Waals surface area (Å²) in [6.45, 7) is 1.72. The van der Waals surface area contributed by atoms with Crippen LogP contribution in [-0.2, 0) is 24.7 Å². The average Bonchev–Trinajstić information content (AvgIpc) is 2.79. The molecule has 1 heterocycles. The van der Waals surface area contributed by atoms with Gasteiger partial charge in [-0.25, -0.2) is 4.79 Å². The van der Waals surface area contributed by atoms with E-state index in [-0.39, 0.29) is 34.0 Å². The van der Waals surface area contributed by atoms with Crippen molar-refractivity contribution in [2.45, 2.75) is 19.8 Å². The maximum Gasteiger partial charge on any atom is 0.337 e. The zero-order valence-corrected chi connectivity index (χ0v) is 13.9. The molecule has 0 spiro atoms. The smallest absolute Gasteiger partial charge is 0.337 e. The van der Waals surface area contributed by atoms with E-state index in [1.54, 1.807) is 31.2 Å². The highest BCUT2D eigenvalue weighted by atomic mass is 35.5. The first-order valence-electron chi connectivity index (χ1n) is 7.24. The van der Waals surface area contributed by atoms with Crippen LogP contribution >= 0.6 is 11.6 Å². The van der Waals surface area contributed by atoms with Gasteiger partial charge in [0.2, 0.25) is 5.78 Å². The van der Waals surface area contributed by atoms with Gasteiger partial charge in [-0.2, -0.15) is 0 Å². The quantitative estimate of drug-likeness (QED) is 0.782. The number of nitrogens with zero attached hydrogens (tertiary/aromatic N) is 1. The van der Waals surface area contributed by atoms with Gasteiger partial charge in [0.1, 0.15) is 0 Å². The van der Waals surface area contributed by atoms with Gasteiger partial charge in [0, 0.05) is 18.3 Å². The molecular weight excluding hydrogens is 334 g/mol. The van der Waals surface area contributed by atoms with Crippen LogP contribution in [0.3, 0.4) is 0 Å². The van der Waals surface area contributed by atoms with Gasteiger partial charge in [-0.1, -0.05) is 30.7 Å². The van der Waals surface area contributed by atoms with Crippen molar-refractivity contribution in [3.63, 3.8) is 0 Å². The van der Waals surface area contributed by atoms with Gasteiger partial charge in [0.25, 0.3) is 0 Å². The first-order valence-corrected chi connectivity index (χ1v) is 7.62. The fourth-order valence-electron chi connectivity index (χ4n) is 2.81. The van der Waals surface area contributed by atoms with E-state index in [9.17, 15) is 19.5 Å². The zero-order chi connectivity index (χ0) is 18.0. The second kappa shape index (κ2) is 6.88. The Morgan fingerprint density at radius 3 is 2.29 bits per heavy atom. The summed E-state index contributed by atoms with van der Waals surface area (Å²) in [6.07, 6.45) is -0.207. The molecule has 6 nitrogen and oxygen atoms in total. The molecule has 2 N–H and O–H groups in total. The van der Waals surface area contributed by atoms with E-state index in [1.165, 1.54) is 11.6 Å². The molecule has 0 aliphatic heterocycles. The van der Waals surface area contributed by atoms with Crippen molar-refractivity contribution in [2.75, 3.05) is 0 Å². The van der Waals surface area contributed by atoms with Crippen molar-refractivity contribution in [1.29, 1.82) is 0 Å². The summed E-state index contributed by atoms with van der Waals surface area (Å²) in [5.41, 5.74) is 0.666. The molecule has 1 aromatic carbocycles. The van der Waals surface area contributed by atoms with Crippen LogP contribution < -0.4 is 0 Å². The zero-order valence-electron chi connectivity index (χ0n) is 13.2. The van der Waals surface area contributed by atoms with E-state index in [4.69, 9.17) is 16.7 Å². The highest BCUT2D eigenvalue weighted by Gasteiger charge is 2.30. The van der Waals surface area contributed by atoms with Crippen LogP contribution in [0.4, 0.5) is 0 Å². The molecule has 2 aromatic rings. The van der Waals surface area contributed by atoms with Crippen LogP contribution in [0.25, 0.3) is 0 Å². The molecule has 0 atom stereocenters. The fraction of sp³-hybridized carbons (Fsp3) is 0.235. The number of aliphatic carboxylic acids is 1. The van der Waals surface area contributed by atoms with Crippen molar-refractivity contribution in [3.05, 3.63) is 57.4 Å². The second-order valence-corrected chi connectivity index (χ2v) is 5.65. The normalized spacial score (nSPS) is 10.6. The number of carbonyl (C=O) groups excluding carboxylic acids is 1. The van der Waals surface area contributed by atoms with E-state index in [2.05, 4.69) is 0 Å². The van der Waals surface area contributed by atoms with Crippen LogP contribution in [-0.4, -0.2) is 32.5 Å². The van der Waals surface area contributed by atoms with Crippen molar-refractivity contribution in [2.24, 2.45) is 7.05 Å². The Hall–Kier alpha value is -2.60. The van der Waals surface area contributed by atoms with Gasteiger partial charge < -0.3 is 14.8 Å². The lowest BCUT2D eigenvalue weighted by atomic mass is 10.00. The van der Waals surface area contributed by atoms with Gasteiger partial charge in [0.15, 0.2) is 0 Å². The monoisotopic (exact) mass is 349 g/mol. The third-order valence-corrected chi connectivity index (χ3v) is 4.17. The average molecular weight is 350 g/mol. The molecule has 0 amide bonds. The molecule has 0 aliphatic rings. The first kappa shape index (κ1) is 17.7. The molecule has 126 valence electrons. The fourth-order valence-corrected chi connectivity index (χ4v) is 3.03.